The van der Waals surface area contributed by atoms with Gasteiger partial charge in [0.15, 0.2) is 5.11 Å². The summed E-state index contributed by atoms with van der Waals surface area (Å²) in [7, 11) is 1.37. The number of anilines is 1. The van der Waals surface area contributed by atoms with Gasteiger partial charge in [0.25, 0.3) is 0 Å². The zero-order chi connectivity index (χ0) is 22.8. The Labute approximate surface area is 196 Å². The van der Waals surface area contributed by atoms with E-state index in [4.69, 9.17) is 21.4 Å². The van der Waals surface area contributed by atoms with Crippen molar-refractivity contribution in [1.82, 2.24) is 10.3 Å². The summed E-state index contributed by atoms with van der Waals surface area (Å²) in [5.41, 5.74) is 3.20. The van der Waals surface area contributed by atoms with Crippen molar-refractivity contribution >= 4 is 29.0 Å². The van der Waals surface area contributed by atoms with Crippen LogP contribution in [-0.2, 0) is 4.74 Å². The highest BCUT2D eigenvalue weighted by Crippen LogP contribution is 2.42. The van der Waals surface area contributed by atoms with Crippen LogP contribution < -0.4 is 10.2 Å². The number of carbonyl (C=O) groups is 1. The largest absolute Gasteiger partial charge is 0.465 e. The molecule has 1 aliphatic rings. The standard InChI is InChI=1S/C26H21N3O3S/c1-31-25(30)18-12-10-17(11-13-18)21-14-15-22(32-21)24-23(20-9-5-6-16-27-20)28-26(33)29(24)19-7-3-2-4-8-19/h2-16,23-24H,1H3,(H,28,33)/t23-,24-/m0/s1. The third kappa shape index (κ3) is 3.99. The Morgan fingerprint density at radius 1 is 1.00 bits per heavy atom. The number of para-hydroxylation sites is 1. The molecule has 164 valence electrons. The second-order valence-electron chi connectivity index (χ2n) is 7.60. The first-order valence-electron chi connectivity index (χ1n) is 10.5. The molecule has 0 bridgehead atoms. The zero-order valence-electron chi connectivity index (χ0n) is 17.8. The molecule has 2 atom stereocenters. The number of aromatic nitrogens is 1. The van der Waals surface area contributed by atoms with Crippen LogP contribution in [-0.4, -0.2) is 23.2 Å². The third-order valence-corrected chi connectivity index (χ3v) is 5.96. The summed E-state index contributed by atoms with van der Waals surface area (Å²) in [5, 5.41) is 4.04. The Bertz CT molecular complexity index is 1270. The molecule has 2 aromatic heterocycles. The fraction of sp³-hybridized carbons (Fsp3) is 0.115. The first kappa shape index (κ1) is 20.9. The Kier molecular flexibility index (Phi) is 5.62. The number of methoxy groups -OCH3 is 1. The van der Waals surface area contributed by atoms with E-state index in [9.17, 15) is 4.79 Å². The van der Waals surface area contributed by atoms with Gasteiger partial charge >= 0.3 is 5.97 Å². The van der Waals surface area contributed by atoms with Gasteiger partial charge in [-0.1, -0.05) is 36.4 Å². The number of nitrogens with one attached hydrogen (secondary N) is 1. The lowest BCUT2D eigenvalue weighted by Gasteiger charge is -2.26. The maximum Gasteiger partial charge on any atom is 0.337 e. The predicted octanol–water partition coefficient (Wildman–Crippen LogP) is 5.31. The average molecular weight is 456 g/mol. The molecular formula is C26H21N3O3S. The van der Waals surface area contributed by atoms with Crippen molar-refractivity contribution in [3.8, 4) is 11.3 Å². The van der Waals surface area contributed by atoms with Gasteiger partial charge in [-0.3, -0.25) is 4.98 Å². The van der Waals surface area contributed by atoms with Crippen molar-refractivity contribution in [3.05, 3.63) is 108 Å². The normalized spacial score (nSPS) is 17.6. The monoisotopic (exact) mass is 455 g/mol. The molecule has 5 rings (SSSR count). The highest BCUT2D eigenvalue weighted by molar-refractivity contribution is 7.80. The summed E-state index contributed by atoms with van der Waals surface area (Å²) < 4.78 is 11.1. The summed E-state index contributed by atoms with van der Waals surface area (Å²) in [6.07, 6.45) is 1.78. The van der Waals surface area contributed by atoms with Crippen LogP contribution in [0.4, 0.5) is 5.69 Å². The minimum atomic E-state index is -0.371. The molecular weight excluding hydrogens is 434 g/mol. The molecule has 1 fully saturated rings. The van der Waals surface area contributed by atoms with Crippen molar-refractivity contribution < 1.29 is 13.9 Å². The number of thiocarbonyl (C=S) groups is 1. The van der Waals surface area contributed by atoms with Crippen molar-refractivity contribution in [3.63, 3.8) is 0 Å². The molecule has 0 unspecified atom stereocenters. The Hall–Kier alpha value is -3.97. The minimum absolute atomic E-state index is 0.181. The summed E-state index contributed by atoms with van der Waals surface area (Å²) in [4.78, 5) is 18.4. The quantitative estimate of drug-likeness (QED) is 0.323. The number of benzene rings is 2. The summed E-state index contributed by atoms with van der Waals surface area (Å²) in [6.45, 7) is 0. The number of furan rings is 1. The van der Waals surface area contributed by atoms with E-state index in [1.165, 1.54) is 7.11 Å². The number of hydrogen-bond acceptors (Lipinski definition) is 5. The van der Waals surface area contributed by atoms with Crippen molar-refractivity contribution in [1.29, 1.82) is 0 Å². The van der Waals surface area contributed by atoms with E-state index in [-0.39, 0.29) is 18.1 Å². The first-order valence-corrected chi connectivity index (χ1v) is 10.9. The van der Waals surface area contributed by atoms with Crippen LogP contribution in [0.5, 0.6) is 0 Å². The minimum Gasteiger partial charge on any atom is -0.465 e. The van der Waals surface area contributed by atoms with Gasteiger partial charge in [-0.15, -0.1) is 0 Å². The number of hydrogen-bond donors (Lipinski definition) is 1. The molecule has 0 amide bonds. The SMILES string of the molecule is COC(=O)c1ccc(-c2ccc([C@H]3[C@H](c4ccccn4)NC(=S)N3c3ccccc3)o2)cc1. The maximum absolute atomic E-state index is 11.7. The van der Waals surface area contributed by atoms with Crippen molar-refractivity contribution in [2.75, 3.05) is 12.0 Å². The molecule has 0 saturated carbocycles. The molecule has 7 heteroatoms. The lowest BCUT2D eigenvalue weighted by Crippen LogP contribution is -2.29. The van der Waals surface area contributed by atoms with Gasteiger partial charge < -0.3 is 19.4 Å². The van der Waals surface area contributed by atoms with Gasteiger partial charge in [-0.25, -0.2) is 4.79 Å². The predicted molar refractivity (Wildman–Crippen MR) is 130 cm³/mol. The van der Waals surface area contributed by atoms with Crippen LogP contribution in [0.1, 0.15) is 33.9 Å². The molecule has 1 aliphatic heterocycles. The van der Waals surface area contributed by atoms with Gasteiger partial charge in [0, 0.05) is 17.4 Å². The molecule has 1 N–H and O–H groups in total. The molecule has 0 radical (unpaired) electrons. The van der Waals surface area contributed by atoms with Crippen LogP contribution in [0.2, 0.25) is 0 Å². The molecule has 3 heterocycles. The van der Waals surface area contributed by atoms with Gasteiger partial charge in [-0.2, -0.15) is 0 Å². The molecule has 6 nitrogen and oxygen atoms in total. The van der Waals surface area contributed by atoms with E-state index >= 15 is 0 Å². The number of ether oxygens (including phenoxy) is 1. The topological polar surface area (TPSA) is 67.6 Å². The van der Waals surface area contributed by atoms with Crippen molar-refractivity contribution in [2.24, 2.45) is 0 Å². The highest BCUT2D eigenvalue weighted by Gasteiger charge is 2.42. The van der Waals surface area contributed by atoms with Crippen molar-refractivity contribution in [2.45, 2.75) is 12.1 Å². The highest BCUT2D eigenvalue weighted by atomic mass is 32.1. The molecule has 4 aromatic rings. The average Bonchev–Trinajstić information content (AvgIpc) is 3.49. The second-order valence-corrected chi connectivity index (χ2v) is 7.99. The Balaban J connectivity index is 1.53. The van der Waals surface area contributed by atoms with Gasteiger partial charge in [0.2, 0.25) is 0 Å². The number of nitrogens with zero attached hydrogens (tertiary/aromatic N) is 2. The number of carbonyl (C=O) groups excluding carboxylic acids is 1. The number of rotatable bonds is 5. The van der Waals surface area contributed by atoms with Crippen LogP contribution in [0, 0.1) is 0 Å². The van der Waals surface area contributed by atoms with E-state index in [1.54, 1.807) is 18.3 Å². The van der Waals surface area contributed by atoms with Gasteiger partial charge in [0.1, 0.15) is 17.6 Å². The summed E-state index contributed by atoms with van der Waals surface area (Å²) in [5.74, 6) is 1.09. The number of esters is 1. The van der Waals surface area contributed by atoms with Crippen LogP contribution in [0.3, 0.4) is 0 Å². The summed E-state index contributed by atoms with van der Waals surface area (Å²) >= 11 is 5.73. The van der Waals surface area contributed by atoms with Gasteiger partial charge in [-0.05, 0) is 60.7 Å². The molecule has 0 aliphatic carbocycles. The third-order valence-electron chi connectivity index (χ3n) is 5.64. The van der Waals surface area contributed by atoms with Crippen LogP contribution in [0.25, 0.3) is 11.3 Å². The Morgan fingerprint density at radius 2 is 1.76 bits per heavy atom. The van der Waals surface area contributed by atoms with E-state index in [0.717, 1.165) is 22.7 Å². The van der Waals surface area contributed by atoms with Crippen LogP contribution >= 0.6 is 12.2 Å². The number of pyridine rings is 1. The van der Waals surface area contributed by atoms with Gasteiger partial charge in [0.05, 0.1) is 24.4 Å². The zero-order valence-corrected chi connectivity index (χ0v) is 18.7. The summed E-state index contributed by atoms with van der Waals surface area (Å²) in [6, 6.07) is 26.5. The first-order chi connectivity index (χ1) is 16.2. The van der Waals surface area contributed by atoms with E-state index in [2.05, 4.69) is 15.2 Å². The lowest BCUT2D eigenvalue weighted by molar-refractivity contribution is 0.0600. The maximum atomic E-state index is 11.7. The fourth-order valence-electron chi connectivity index (χ4n) is 4.07. The second kappa shape index (κ2) is 8.88. The van der Waals surface area contributed by atoms with E-state index in [1.807, 2.05) is 72.8 Å². The van der Waals surface area contributed by atoms with E-state index in [0.29, 0.717) is 16.4 Å². The smallest absolute Gasteiger partial charge is 0.337 e. The molecule has 33 heavy (non-hydrogen) atoms. The molecule has 0 spiro atoms. The Morgan fingerprint density at radius 3 is 2.45 bits per heavy atom. The molecule has 2 aromatic carbocycles. The fourth-order valence-corrected chi connectivity index (χ4v) is 4.41. The lowest BCUT2D eigenvalue weighted by atomic mass is 10.0. The molecule has 1 saturated heterocycles. The van der Waals surface area contributed by atoms with Crippen LogP contribution in [0.15, 0.2) is 95.5 Å². The van der Waals surface area contributed by atoms with E-state index < -0.39 is 0 Å².